The SMILES string of the molecule is Cc1nc(S(C)(=O)=O)ccc1-n1ccc(OC2CCN(C(=O)O)C(C(C)C)C2)cc1=O. The summed E-state index contributed by atoms with van der Waals surface area (Å²) in [6.45, 7) is 5.99. The second-order valence-corrected chi connectivity index (χ2v) is 10.1. The zero-order valence-corrected chi connectivity index (χ0v) is 18.8. The van der Waals surface area contributed by atoms with Crippen molar-refractivity contribution in [2.75, 3.05) is 12.8 Å². The number of rotatable bonds is 5. The number of likely N-dealkylation sites (tertiary alicyclic amines) is 1. The predicted octanol–water partition coefficient (Wildman–Crippen LogP) is 2.49. The van der Waals surface area contributed by atoms with Gasteiger partial charge >= 0.3 is 6.09 Å². The Kier molecular flexibility index (Phi) is 6.40. The number of hydrogen-bond acceptors (Lipinski definition) is 6. The standard InChI is InChI=1S/C21H27N3O6S/c1-13(2)18-11-15(8-10-24(18)21(26)27)30-16-7-9-23(20(25)12-16)17-5-6-19(22-14(17)3)31(4,28)29/h5-7,9,12-13,15,18H,8,10-11H2,1-4H3,(H,26,27). The number of sulfone groups is 1. The summed E-state index contributed by atoms with van der Waals surface area (Å²) in [6.07, 6.45) is 2.64. The van der Waals surface area contributed by atoms with Crippen LogP contribution in [-0.4, -0.2) is 59.0 Å². The van der Waals surface area contributed by atoms with Crippen molar-refractivity contribution >= 4 is 15.9 Å². The Bertz CT molecular complexity index is 1140. The van der Waals surface area contributed by atoms with Crippen LogP contribution in [0.3, 0.4) is 0 Å². The molecule has 0 radical (unpaired) electrons. The van der Waals surface area contributed by atoms with Gasteiger partial charge in [0.05, 0.1) is 11.4 Å². The van der Waals surface area contributed by atoms with Crippen LogP contribution in [0.25, 0.3) is 5.69 Å². The van der Waals surface area contributed by atoms with E-state index in [0.29, 0.717) is 36.5 Å². The number of piperidine rings is 1. The summed E-state index contributed by atoms with van der Waals surface area (Å²) in [5, 5.41) is 9.35. The van der Waals surface area contributed by atoms with Crippen molar-refractivity contribution in [2.24, 2.45) is 5.92 Å². The second-order valence-electron chi connectivity index (χ2n) is 8.15. The monoisotopic (exact) mass is 449 g/mol. The molecule has 0 spiro atoms. The quantitative estimate of drug-likeness (QED) is 0.745. The Labute approximate surface area is 181 Å². The third kappa shape index (κ3) is 5.07. The molecule has 31 heavy (non-hydrogen) atoms. The van der Waals surface area contributed by atoms with Crippen LogP contribution in [0.15, 0.2) is 40.3 Å². The van der Waals surface area contributed by atoms with Crippen molar-refractivity contribution in [3.63, 3.8) is 0 Å². The third-order valence-electron chi connectivity index (χ3n) is 5.48. The van der Waals surface area contributed by atoms with Crippen molar-refractivity contribution in [2.45, 2.75) is 50.8 Å². The summed E-state index contributed by atoms with van der Waals surface area (Å²) >= 11 is 0. The minimum absolute atomic E-state index is 0.0471. The Morgan fingerprint density at radius 1 is 1.29 bits per heavy atom. The molecule has 3 rings (SSSR count). The van der Waals surface area contributed by atoms with E-state index in [-0.39, 0.29) is 28.6 Å². The van der Waals surface area contributed by atoms with Gasteiger partial charge in [-0.1, -0.05) is 13.8 Å². The maximum atomic E-state index is 12.7. The van der Waals surface area contributed by atoms with Crippen molar-refractivity contribution in [3.05, 3.63) is 46.5 Å². The predicted molar refractivity (Wildman–Crippen MR) is 115 cm³/mol. The highest BCUT2D eigenvalue weighted by Gasteiger charge is 2.34. The summed E-state index contributed by atoms with van der Waals surface area (Å²) in [5.41, 5.74) is 0.566. The average Bonchev–Trinajstić information content (AvgIpc) is 2.67. The number of ether oxygens (including phenoxy) is 1. The molecule has 2 aromatic rings. The van der Waals surface area contributed by atoms with Gasteiger partial charge in [-0.2, -0.15) is 0 Å². The highest BCUT2D eigenvalue weighted by Crippen LogP contribution is 2.27. The van der Waals surface area contributed by atoms with Crippen LogP contribution >= 0.6 is 0 Å². The van der Waals surface area contributed by atoms with Gasteiger partial charge in [0.2, 0.25) is 0 Å². The van der Waals surface area contributed by atoms with Crippen molar-refractivity contribution in [3.8, 4) is 11.4 Å². The molecule has 2 atom stereocenters. The molecule has 1 saturated heterocycles. The number of aryl methyl sites for hydroxylation is 1. The topological polar surface area (TPSA) is 119 Å². The summed E-state index contributed by atoms with van der Waals surface area (Å²) in [4.78, 5) is 29.7. The normalized spacial score (nSPS) is 19.5. The Morgan fingerprint density at radius 2 is 2.00 bits per heavy atom. The van der Waals surface area contributed by atoms with Crippen molar-refractivity contribution in [1.29, 1.82) is 0 Å². The zero-order valence-electron chi connectivity index (χ0n) is 18.0. The number of pyridine rings is 2. The van der Waals surface area contributed by atoms with Gasteiger partial charge in [-0.15, -0.1) is 0 Å². The van der Waals surface area contributed by atoms with Gasteiger partial charge in [0.25, 0.3) is 5.56 Å². The third-order valence-corrected chi connectivity index (χ3v) is 6.46. The summed E-state index contributed by atoms with van der Waals surface area (Å²) < 4.78 is 30.7. The molecule has 1 fully saturated rings. The van der Waals surface area contributed by atoms with E-state index >= 15 is 0 Å². The lowest BCUT2D eigenvalue weighted by atomic mass is 9.91. The van der Waals surface area contributed by atoms with Crippen LogP contribution in [0.2, 0.25) is 0 Å². The molecule has 3 heterocycles. The highest BCUT2D eigenvalue weighted by molar-refractivity contribution is 7.90. The largest absolute Gasteiger partial charge is 0.490 e. The van der Waals surface area contributed by atoms with Gasteiger partial charge < -0.3 is 14.7 Å². The van der Waals surface area contributed by atoms with E-state index in [1.807, 2.05) is 13.8 Å². The molecule has 2 aromatic heterocycles. The Hall–Kier alpha value is -2.88. The van der Waals surface area contributed by atoms with Crippen LogP contribution < -0.4 is 10.3 Å². The number of hydrogen-bond donors (Lipinski definition) is 1. The number of carboxylic acid groups (broad SMARTS) is 1. The summed E-state index contributed by atoms with van der Waals surface area (Å²) in [7, 11) is -3.44. The van der Waals surface area contributed by atoms with Gasteiger partial charge in [0, 0.05) is 43.9 Å². The van der Waals surface area contributed by atoms with Crippen LogP contribution in [0.1, 0.15) is 32.4 Å². The molecule has 0 bridgehead atoms. The maximum absolute atomic E-state index is 12.7. The van der Waals surface area contributed by atoms with E-state index in [0.717, 1.165) is 6.26 Å². The fraction of sp³-hybridized carbons (Fsp3) is 0.476. The van der Waals surface area contributed by atoms with Gasteiger partial charge in [0.15, 0.2) is 14.9 Å². The summed E-state index contributed by atoms with van der Waals surface area (Å²) in [6, 6.07) is 5.82. The van der Waals surface area contributed by atoms with Crippen LogP contribution in [0.4, 0.5) is 4.79 Å². The molecule has 0 aromatic carbocycles. The number of aromatic nitrogens is 2. The molecule has 2 unspecified atom stereocenters. The van der Waals surface area contributed by atoms with E-state index < -0.39 is 15.9 Å². The Balaban J connectivity index is 1.79. The molecule has 0 aliphatic carbocycles. The first-order chi connectivity index (χ1) is 14.5. The minimum atomic E-state index is -3.44. The summed E-state index contributed by atoms with van der Waals surface area (Å²) in [5.74, 6) is 0.566. The lowest BCUT2D eigenvalue weighted by Gasteiger charge is -2.39. The lowest BCUT2D eigenvalue weighted by Crippen LogP contribution is -2.50. The smallest absolute Gasteiger partial charge is 0.407 e. The molecular formula is C21H27N3O6S. The van der Waals surface area contributed by atoms with E-state index in [9.17, 15) is 23.1 Å². The lowest BCUT2D eigenvalue weighted by molar-refractivity contribution is 0.0381. The van der Waals surface area contributed by atoms with Gasteiger partial charge in [-0.05, 0) is 31.0 Å². The first kappa shape index (κ1) is 22.8. The highest BCUT2D eigenvalue weighted by atomic mass is 32.2. The maximum Gasteiger partial charge on any atom is 0.407 e. The average molecular weight is 450 g/mol. The molecule has 0 saturated carbocycles. The van der Waals surface area contributed by atoms with Crippen molar-refractivity contribution in [1.82, 2.24) is 14.5 Å². The van der Waals surface area contributed by atoms with E-state index in [2.05, 4.69) is 4.98 Å². The van der Waals surface area contributed by atoms with Gasteiger partial charge in [-0.3, -0.25) is 9.36 Å². The fourth-order valence-corrected chi connectivity index (χ4v) is 4.48. The first-order valence-corrected chi connectivity index (χ1v) is 11.9. The van der Waals surface area contributed by atoms with Crippen LogP contribution in [-0.2, 0) is 9.84 Å². The molecule has 1 aliphatic rings. The van der Waals surface area contributed by atoms with E-state index in [1.165, 1.54) is 21.6 Å². The minimum Gasteiger partial charge on any atom is -0.490 e. The van der Waals surface area contributed by atoms with Gasteiger partial charge in [0.1, 0.15) is 11.9 Å². The van der Waals surface area contributed by atoms with Gasteiger partial charge in [-0.25, -0.2) is 18.2 Å². The van der Waals surface area contributed by atoms with E-state index in [1.54, 1.807) is 25.3 Å². The molecule has 9 nitrogen and oxygen atoms in total. The molecule has 1 amide bonds. The zero-order chi connectivity index (χ0) is 22.9. The number of carbonyl (C=O) groups is 1. The molecule has 1 N–H and O–H groups in total. The number of nitrogens with zero attached hydrogens (tertiary/aromatic N) is 3. The molecule has 10 heteroatoms. The van der Waals surface area contributed by atoms with Crippen molar-refractivity contribution < 1.29 is 23.1 Å². The van der Waals surface area contributed by atoms with E-state index in [4.69, 9.17) is 4.74 Å². The molecule has 1 aliphatic heterocycles. The van der Waals surface area contributed by atoms with Crippen LogP contribution in [0, 0.1) is 12.8 Å². The number of amides is 1. The molecule has 168 valence electrons. The first-order valence-electron chi connectivity index (χ1n) is 10.0. The molecular weight excluding hydrogens is 422 g/mol. The Morgan fingerprint density at radius 3 is 2.55 bits per heavy atom. The fourth-order valence-electron chi connectivity index (χ4n) is 3.86. The van der Waals surface area contributed by atoms with Crippen LogP contribution in [0.5, 0.6) is 5.75 Å². The second kappa shape index (κ2) is 8.70.